The van der Waals surface area contributed by atoms with Crippen molar-refractivity contribution in [1.29, 1.82) is 0 Å². The predicted molar refractivity (Wildman–Crippen MR) is 59.2 cm³/mol. The fourth-order valence-electron chi connectivity index (χ4n) is 1.16. The van der Waals surface area contributed by atoms with Crippen LogP contribution in [0.15, 0.2) is 0 Å². The first-order chi connectivity index (χ1) is 6.37. The summed E-state index contributed by atoms with van der Waals surface area (Å²) < 4.78 is 5.61. The molecule has 3 nitrogen and oxygen atoms in total. The molecular weight excluding hydrogens is 178 g/mol. The molecule has 0 amide bonds. The molecule has 0 fully saturated rings. The maximum Gasteiger partial charge on any atom is 0.0865 e. The molecule has 0 aliphatic carbocycles. The van der Waals surface area contributed by atoms with E-state index in [1.807, 2.05) is 14.1 Å². The first kappa shape index (κ1) is 13.9. The molecule has 0 spiro atoms. The van der Waals surface area contributed by atoms with E-state index in [4.69, 9.17) is 9.57 Å². The number of hydroxylamine groups is 2. The van der Waals surface area contributed by atoms with Crippen LogP contribution in [0.25, 0.3) is 0 Å². The molecule has 0 aliphatic heterocycles. The van der Waals surface area contributed by atoms with E-state index in [1.165, 1.54) is 0 Å². The summed E-state index contributed by atoms with van der Waals surface area (Å²) in [6.45, 7) is 9.14. The van der Waals surface area contributed by atoms with Crippen molar-refractivity contribution in [2.24, 2.45) is 0 Å². The van der Waals surface area contributed by atoms with Gasteiger partial charge in [0.05, 0.1) is 11.7 Å². The SMILES string of the molecule is CCC(C)OCCC(C)(C)ON(C)C. The Morgan fingerprint density at radius 1 is 1.29 bits per heavy atom. The van der Waals surface area contributed by atoms with E-state index >= 15 is 0 Å². The molecule has 0 heterocycles. The number of rotatable bonds is 7. The molecule has 0 saturated carbocycles. The smallest absolute Gasteiger partial charge is 0.0865 e. The van der Waals surface area contributed by atoms with Gasteiger partial charge in [-0.2, -0.15) is 5.06 Å². The summed E-state index contributed by atoms with van der Waals surface area (Å²) in [5.41, 5.74) is -0.142. The second-order valence-corrected chi connectivity index (χ2v) is 4.50. The van der Waals surface area contributed by atoms with Crippen LogP contribution in [-0.2, 0) is 9.57 Å². The predicted octanol–water partition coefficient (Wildman–Crippen LogP) is 2.46. The minimum atomic E-state index is -0.142. The molecule has 86 valence electrons. The standard InChI is InChI=1S/C11H25NO2/c1-7-10(2)13-9-8-11(3,4)14-12(5)6/h10H,7-9H2,1-6H3. The zero-order chi connectivity index (χ0) is 11.2. The van der Waals surface area contributed by atoms with Gasteiger partial charge in [0.2, 0.25) is 0 Å². The van der Waals surface area contributed by atoms with Gasteiger partial charge in [0.15, 0.2) is 0 Å². The van der Waals surface area contributed by atoms with Gasteiger partial charge in [-0.15, -0.1) is 0 Å². The monoisotopic (exact) mass is 203 g/mol. The summed E-state index contributed by atoms with van der Waals surface area (Å²) in [6, 6.07) is 0. The summed E-state index contributed by atoms with van der Waals surface area (Å²) in [7, 11) is 3.80. The molecular formula is C11H25NO2. The van der Waals surface area contributed by atoms with Crippen LogP contribution in [-0.4, -0.2) is 37.5 Å². The molecule has 1 atom stereocenters. The summed E-state index contributed by atoms with van der Waals surface area (Å²) >= 11 is 0. The third-order valence-corrected chi connectivity index (χ3v) is 2.11. The highest BCUT2D eigenvalue weighted by molar-refractivity contribution is 4.67. The van der Waals surface area contributed by atoms with Crippen molar-refractivity contribution in [3.63, 3.8) is 0 Å². The van der Waals surface area contributed by atoms with Gasteiger partial charge in [-0.1, -0.05) is 6.92 Å². The fourth-order valence-corrected chi connectivity index (χ4v) is 1.16. The Morgan fingerprint density at radius 2 is 1.86 bits per heavy atom. The Kier molecular flexibility index (Phi) is 6.33. The number of ether oxygens (including phenoxy) is 1. The Balaban J connectivity index is 3.65. The van der Waals surface area contributed by atoms with Crippen molar-refractivity contribution >= 4 is 0 Å². The van der Waals surface area contributed by atoms with Crippen molar-refractivity contribution < 1.29 is 9.57 Å². The normalized spacial score (nSPS) is 14.8. The molecule has 0 aromatic heterocycles. The maximum atomic E-state index is 5.61. The minimum Gasteiger partial charge on any atom is -0.378 e. The highest BCUT2D eigenvalue weighted by Crippen LogP contribution is 2.15. The van der Waals surface area contributed by atoms with E-state index in [1.54, 1.807) is 5.06 Å². The van der Waals surface area contributed by atoms with Crippen molar-refractivity contribution in [2.45, 2.75) is 52.2 Å². The van der Waals surface area contributed by atoms with E-state index in [0.717, 1.165) is 19.4 Å². The summed E-state index contributed by atoms with van der Waals surface area (Å²) in [5.74, 6) is 0. The quantitative estimate of drug-likeness (QED) is 0.593. The average molecular weight is 203 g/mol. The molecule has 0 aliphatic rings. The van der Waals surface area contributed by atoms with Crippen molar-refractivity contribution in [3.8, 4) is 0 Å². The number of hydrogen-bond donors (Lipinski definition) is 0. The van der Waals surface area contributed by atoms with Crippen LogP contribution in [0.3, 0.4) is 0 Å². The third kappa shape index (κ3) is 7.30. The van der Waals surface area contributed by atoms with Gasteiger partial charge in [0.25, 0.3) is 0 Å². The lowest BCUT2D eigenvalue weighted by Crippen LogP contribution is -2.33. The molecule has 0 radical (unpaired) electrons. The zero-order valence-electron chi connectivity index (χ0n) is 10.5. The van der Waals surface area contributed by atoms with Crippen LogP contribution in [0.1, 0.15) is 40.5 Å². The van der Waals surface area contributed by atoms with Crippen LogP contribution in [0.2, 0.25) is 0 Å². The fraction of sp³-hybridized carbons (Fsp3) is 1.00. The second kappa shape index (κ2) is 6.38. The van der Waals surface area contributed by atoms with E-state index in [-0.39, 0.29) is 5.60 Å². The van der Waals surface area contributed by atoms with Gasteiger partial charge < -0.3 is 4.74 Å². The Morgan fingerprint density at radius 3 is 2.29 bits per heavy atom. The highest BCUT2D eigenvalue weighted by Gasteiger charge is 2.20. The molecule has 0 rings (SSSR count). The van der Waals surface area contributed by atoms with Crippen LogP contribution in [0.4, 0.5) is 0 Å². The molecule has 3 heteroatoms. The second-order valence-electron chi connectivity index (χ2n) is 4.50. The Hall–Kier alpha value is -0.120. The highest BCUT2D eigenvalue weighted by atomic mass is 16.7. The third-order valence-electron chi connectivity index (χ3n) is 2.11. The molecule has 0 saturated heterocycles. The van der Waals surface area contributed by atoms with Crippen LogP contribution >= 0.6 is 0 Å². The van der Waals surface area contributed by atoms with Crippen molar-refractivity contribution in [3.05, 3.63) is 0 Å². The molecule has 1 unspecified atom stereocenters. The lowest BCUT2D eigenvalue weighted by molar-refractivity contribution is -0.213. The van der Waals surface area contributed by atoms with Gasteiger partial charge in [-0.25, -0.2) is 0 Å². The molecule has 0 bridgehead atoms. The topological polar surface area (TPSA) is 21.7 Å². The van der Waals surface area contributed by atoms with E-state index < -0.39 is 0 Å². The van der Waals surface area contributed by atoms with Gasteiger partial charge in [-0.3, -0.25) is 4.84 Å². The van der Waals surface area contributed by atoms with Gasteiger partial charge in [0.1, 0.15) is 0 Å². The Bertz CT molecular complexity index is 146. The van der Waals surface area contributed by atoms with Crippen LogP contribution < -0.4 is 0 Å². The van der Waals surface area contributed by atoms with Crippen molar-refractivity contribution in [1.82, 2.24) is 5.06 Å². The van der Waals surface area contributed by atoms with Gasteiger partial charge in [-0.05, 0) is 27.2 Å². The summed E-state index contributed by atoms with van der Waals surface area (Å²) in [4.78, 5) is 5.61. The molecule has 14 heavy (non-hydrogen) atoms. The van der Waals surface area contributed by atoms with E-state index in [0.29, 0.717) is 6.10 Å². The van der Waals surface area contributed by atoms with Gasteiger partial charge >= 0.3 is 0 Å². The summed E-state index contributed by atoms with van der Waals surface area (Å²) in [6.07, 6.45) is 2.33. The number of hydrogen-bond acceptors (Lipinski definition) is 3. The largest absolute Gasteiger partial charge is 0.378 e. The van der Waals surface area contributed by atoms with Crippen LogP contribution in [0, 0.1) is 0 Å². The average Bonchev–Trinajstić information content (AvgIpc) is 2.01. The maximum absolute atomic E-state index is 5.61. The minimum absolute atomic E-state index is 0.142. The van der Waals surface area contributed by atoms with Crippen LogP contribution in [0.5, 0.6) is 0 Å². The zero-order valence-corrected chi connectivity index (χ0v) is 10.5. The molecule has 0 N–H and O–H groups in total. The first-order valence-corrected chi connectivity index (χ1v) is 5.35. The first-order valence-electron chi connectivity index (χ1n) is 5.35. The molecule has 0 aromatic carbocycles. The molecule has 0 aromatic rings. The number of nitrogens with zero attached hydrogens (tertiary/aromatic N) is 1. The lowest BCUT2D eigenvalue weighted by Gasteiger charge is -2.28. The van der Waals surface area contributed by atoms with Gasteiger partial charge in [0, 0.05) is 27.1 Å². The van der Waals surface area contributed by atoms with E-state index in [2.05, 4.69) is 27.7 Å². The Labute approximate surface area is 88.3 Å². The summed E-state index contributed by atoms with van der Waals surface area (Å²) in [5, 5.41) is 1.74. The van der Waals surface area contributed by atoms with Crippen molar-refractivity contribution in [2.75, 3.05) is 20.7 Å². The lowest BCUT2D eigenvalue weighted by atomic mass is 10.1. The van der Waals surface area contributed by atoms with E-state index in [9.17, 15) is 0 Å².